The van der Waals surface area contributed by atoms with Gasteiger partial charge >= 0.3 is 11.9 Å². The van der Waals surface area contributed by atoms with Crippen LogP contribution in [0.5, 0.6) is 0 Å². The highest BCUT2D eigenvalue weighted by Crippen LogP contribution is 2.12. The Hall–Kier alpha value is -1.92. The fourth-order valence-electron chi connectivity index (χ4n) is 1.09. The lowest BCUT2D eigenvalue weighted by molar-refractivity contribution is -0.206. The molecule has 1 N–H and O–H groups in total. The predicted octanol–water partition coefficient (Wildman–Crippen LogP) is -0.542. The first-order valence-electron chi connectivity index (χ1n) is 4.29. The Kier molecular flexibility index (Phi) is 3.37. The van der Waals surface area contributed by atoms with Crippen molar-refractivity contribution in [2.75, 3.05) is 0 Å². The Morgan fingerprint density at radius 3 is 2.27 bits per heavy atom. The Morgan fingerprint density at radius 1 is 1.27 bits per heavy atom. The summed E-state index contributed by atoms with van der Waals surface area (Å²) >= 11 is 0. The number of nitrogens with zero attached hydrogens (tertiary/aromatic N) is 1. The zero-order valence-corrected chi connectivity index (χ0v) is 7.76. The molecule has 0 unspecified atom stereocenters. The van der Waals surface area contributed by atoms with Crippen LogP contribution >= 0.6 is 0 Å². The molecule has 1 heterocycles. The van der Waals surface area contributed by atoms with E-state index in [9.17, 15) is 19.2 Å². The topological polar surface area (TPSA) is 101 Å². The maximum atomic E-state index is 11.1. The molecule has 1 aliphatic rings. The first-order chi connectivity index (χ1) is 7.00. The average Bonchev–Trinajstić information content (AvgIpc) is 2.10. The smallest absolute Gasteiger partial charge is 0.344 e. The van der Waals surface area contributed by atoms with Gasteiger partial charge in [-0.1, -0.05) is 0 Å². The molecule has 1 aliphatic heterocycles. The molecule has 2 amide bonds. The van der Waals surface area contributed by atoms with Crippen molar-refractivity contribution >= 4 is 23.8 Å². The summed E-state index contributed by atoms with van der Waals surface area (Å²) in [6.07, 6.45) is -0.222. The minimum Gasteiger partial charge on any atom is -0.481 e. The van der Waals surface area contributed by atoms with Gasteiger partial charge < -0.3 is 9.94 Å². The second-order valence-electron chi connectivity index (χ2n) is 2.97. The number of hydroxylamine groups is 2. The molecule has 0 spiro atoms. The summed E-state index contributed by atoms with van der Waals surface area (Å²) in [7, 11) is 0. The molecule has 15 heavy (non-hydrogen) atoms. The number of aliphatic carboxylic acids is 1. The van der Waals surface area contributed by atoms with Crippen LogP contribution in [0.3, 0.4) is 0 Å². The number of carbonyl (C=O) groups is 4. The maximum absolute atomic E-state index is 11.1. The van der Waals surface area contributed by atoms with Crippen molar-refractivity contribution in [3.05, 3.63) is 0 Å². The number of carbonyl (C=O) groups excluding carboxylic acids is 3. The number of carboxylic acid groups (broad SMARTS) is 1. The van der Waals surface area contributed by atoms with Crippen LogP contribution in [0, 0.1) is 0 Å². The number of hydrogen-bond donors (Lipinski definition) is 1. The number of amides is 2. The van der Waals surface area contributed by atoms with Crippen LogP contribution in [0.2, 0.25) is 0 Å². The molecule has 0 atom stereocenters. The van der Waals surface area contributed by atoms with E-state index in [-0.39, 0.29) is 12.8 Å². The molecule has 0 aliphatic carbocycles. The summed E-state index contributed by atoms with van der Waals surface area (Å²) in [6.45, 7) is 0. The largest absolute Gasteiger partial charge is 0.481 e. The van der Waals surface area contributed by atoms with Crippen molar-refractivity contribution < 1.29 is 29.1 Å². The Labute approximate surface area is 84.6 Å². The standard InChI is InChI=1S/C8H9NO6/c10-5-2-1-3-6(11)9(5)15-8(14)4-7(12)13/h1-4H2,(H,12,13). The van der Waals surface area contributed by atoms with E-state index in [1.165, 1.54) is 0 Å². The highest BCUT2D eigenvalue weighted by atomic mass is 16.7. The summed E-state index contributed by atoms with van der Waals surface area (Å²) < 4.78 is 0. The van der Waals surface area contributed by atoms with Gasteiger partial charge in [-0.25, -0.2) is 4.79 Å². The second kappa shape index (κ2) is 4.54. The lowest BCUT2D eigenvalue weighted by atomic mass is 10.1. The number of piperidine rings is 1. The van der Waals surface area contributed by atoms with Gasteiger partial charge in [0.1, 0.15) is 6.42 Å². The zero-order chi connectivity index (χ0) is 11.4. The minimum atomic E-state index is -1.38. The molecular formula is C8H9NO6. The van der Waals surface area contributed by atoms with Crippen LogP contribution < -0.4 is 0 Å². The summed E-state index contributed by atoms with van der Waals surface area (Å²) in [5, 5.41) is 8.60. The molecule has 0 aromatic carbocycles. The average molecular weight is 215 g/mol. The molecule has 82 valence electrons. The van der Waals surface area contributed by atoms with Crippen molar-refractivity contribution in [1.82, 2.24) is 5.06 Å². The van der Waals surface area contributed by atoms with E-state index >= 15 is 0 Å². The monoisotopic (exact) mass is 215 g/mol. The van der Waals surface area contributed by atoms with E-state index in [0.29, 0.717) is 11.5 Å². The number of hydrogen-bond acceptors (Lipinski definition) is 5. The second-order valence-corrected chi connectivity index (χ2v) is 2.97. The van der Waals surface area contributed by atoms with Crippen LogP contribution in [-0.2, 0) is 24.0 Å². The summed E-state index contributed by atoms with van der Waals surface area (Å²) in [6, 6.07) is 0. The van der Waals surface area contributed by atoms with Crippen LogP contribution in [0.1, 0.15) is 25.7 Å². The third kappa shape index (κ3) is 3.04. The van der Waals surface area contributed by atoms with Gasteiger partial charge in [0.25, 0.3) is 11.8 Å². The van der Waals surface area contributed by atoms with Crippen molar-refractivity contribution in [1.29, 1.82) is 0 Å². The fourth-order valence-corrected chi connectivity index (χ4v) is 1.09. The van der Waals surface area contributed by atoms with Gasteiger partial charge in [0.15, 0.2) is 0 Å². The van der Waals surface area contributed by atoms with Gasteiger partial charge in [-0.3, -0.25) is 14.4 Å². The van der Waals surface area contributed by atoms with Crippen molar-refractivity contribution in [3.63, 3.8) is 0 Å². The third-order valence-electron chi connectivity index (χ3n) is 1.72. The zero-order valence-electron chi connectivity index (χ0n) is 7.76. The van der Waals surface area contributed by atoms with E-state index in [2.05, 4.69) is 4.84 Å². The van der Waals surface area contributed by atoms with Crippen molar-refractivity contribution in [2.24, 2.45) is 0 Å². The number of imide groups is 1. The van der Waals surface area contributed by atoms with Gasteiger partial charge in [0.05, 0.1) is 0 Å². The lowest BCUT2D eigenvalue weighted by Crippen LogP contribution is -2.41. The number of rotatable bonds is 3. The fraction of sp³-hybridized carbons (Fsp3) is 0.500. The third-order valence-corrected chi connectivity index (χ3v) is 1.72. The molecule has 7 nitrogen and oxygen atoms in total. The molecule has 7 heteroatoms. The first-order valence-corrected chi connectivity index (χ1v) is 4.29. The molecule has 0 saturated carbocycles. The maximum Gasteiger partial charge on any atom is 0.344 e. The van der Waals surface area contributed by atoms with E-state index < -0.39 is 30.2 Å². The predicted molar refractivity (Wildman–Crippen MR) is 44.0 cm³/mol. The summed E-state index contributed by atoms with van der Waals surface area (Å²) in [5.41, 5.74) is 0. The Bertz CT molecular complexity index is 307. The molecular weight excluding hydrogens is 206 g/mol. The van der Waals surface area contributed by atoms with Crippen molar-refractivity contribution in [3.8, 4) is 0 Å². The van der Waals surface area contributed by atoms with Crippen molar-refractivity contribution in [2.45, 2.75) is 25.7 Å². The highest BCUT2D eigenvalue weighted by Gasteiger charge is 2.30. The molecule has 0 aromatic rings. The molecule has 1 rings (SSSR count). The molecule has 1 saturated heterocycles. The Morgan fingerprint density at radius 2 is 1.80 bits per heavy atom. The van der Waals surface area contributed by atoms with E-state index in [1.807, 2.05) is 0 Å². The SMILES string of the molecule is O=C(O)CC(=O)ON1C(=O)CCCC1=O. The van der Waals surface area contributed by atoms with Gasteiger partial charge in [-0.2, -0.15) is 0 Å². The molecule has 0 radical (unpaired) electrons. The van der Waals surface area contributed by atoms with Crippen LogP contribution in [0.4, 0.5) is 0 Å². The first kappa shape index (κ1) is 11.2. The molecule has 0 bridgehead atoms. The minimum absolute atomic E-state index is 0.117. The van der Waals surface area contributed by atoms with Gasteiger partial charge in [-0.05, 0) is 6.42 Å². The highest BCUT2D eigenvalue weighted by molar-refractivity contribution is 5.98. The van der Waals surface area contributed by atoms with E-state index in [4.69, 9.17) is 5.11 Å². The molecule has 1 fully saturated rings. The normalized spacial score (nSPS) is 16.4. The Balaban J connectivity index is 2.55. The van der Waals surface area contributed by atoms with Crippen LogP contribution in [0.25, 0.3) is 0 Å². The van der Waals surface area contributed by atoms with Gasteiger partial charge in [-0.15, -0.1) is 5.06 Å². The quantitative estimate of drug-likeness (QED) is 0.501. The van der Waals surface area contributed by atoms with Crippen LogP contribution in [-0.4, -0.2) is 33.9 Å². The summed E-state index contributed by atoms with van der Waals surface area (Å²) in [5.74, 6) is -3.75. The van der Waals surface area contributed by atoms with E-state index in [1.54, 1.807) is 0 Å². The lowest BCUT2D eigenvalue weighted by Gasteiger charge is -2.22. The summed E-state index contributed by atoms with van der Waals surface area (Å²) in [4.78, 5) is 47.5. The van der Waals surface area contributed by atoms with Crippen LogP contribution in [0.15, 0.2) is 0 Å². The molecule has 0 aromatic heterocycles. The van der Waals surface area contributed by atoms with Gasteiger partial charge in [0.2, 0.25) is 0 Å². The van der Waals surface area contributed by atoms with E-state index in [0.717, 1.165) is 0 Å². The van der Waals surface area contributed by atoms with Gasteiger partial charge in [0, 0.05) is 12.8 Å². The number of carboxylic acids is 1.